The number of aliphatic hydroxyl groups is 1. The van der Waals surface area contributed by atoms with Gasteiger partial charge in [-0.1, -0.05) is 0 Å². The number of ketones is 1. The van der Waals surface area contributed by atoms with Crippen molar-refractivity contribution in [1.82, 2.24) is 14.8 Å². The summed E-state index contributed by atoms with van der Waals surface area (Å²) in [6, 6.07) is 5.71. The van der Waals surface area contributed by atoms with Crippen LogP contribution in [0.3, 0.4) is 0 Å². The molecule has 1 unspecified atom stereocenters. The standard InChI is InChI=1S/C25H29N3O7/c1-32-18-14-17(15-19(33-2)24(18)34-3)21-20(22(29)16-4-6-26-7-5-16)23(30)25(31)28(21)9-8-27-10-12-35-13-11-27/h4-7,14-15,21,29H,8-13H2,1-3H3/b22-20+. The maximum atomic E-state index is 13.3. The van der Waals surface area contributed by atoms with Gasteiger partial charge in [-0.15, -0.1) is 0 Å². The van der Waals surface area contributed by atoms with Gasteiger partial charge in [0.05, 0.1) is 46.2 Å². The van der Waals surface area contributed by atoms with Crippen molar-refractivity contribution in [1.29, 1.82) is 0 Å². The fraction of sp³-hybridized carbons (Fsp3) is 0.400. The number of likely N-dealkylation sites (tertiary alicyclic amines) is 1. The molecule has 1 atom stereocenters. The minimum atomic E-state index is -0.849. The van der Waals surface area contributed by atoms with Crippen LogP contribution in [0.5, 0.6) is 17.2 Å². The molecule has 0 saturated carbocycles. The van der Waals surface area contributed by atoms with E-state index in [0.29, 0.717) is 54.7 Å². The minimum absolute atomic E-state index is 0.00236. The number of pyridine rings is 1. The van der Waals surface area contributed by atoms with E-state index in [1.807, 2.05) is 0 Å². The van der Waals surface area contributed by atoms with Crippen LogP contribution in [0, 0.1) is 0 Å². The number of aliphatic hydroxyl groups excluding tert-OH is 1. The average Bonchev–Trinajstić information content (AvgIpc) is 3.16. The summed E-state index contributed by atoms with van der Waals surface area (Å²) in [5.74, 6) is -0.543. The predicted molar refractivity (Wildman–Crippen MR) is 127 cm³/mol. The van der Waals surface area contributed by atoms with Gasteiger partial charge in [0.25, 0.3) is 11.7 Å². The summed E-state index contributed by atoms with van der Waals surface area (Å²) in [6.45, 7) is 3.59. The summed E-state index contributed by atoms with van der Waals surface area (Å²) < 4.78 is 21.8. The molecule has 0 spiro atoms. The summed E-state index contributed by atoms with van der Waals surface area (Å²) in [5, 5.41) is 11.2. The summed E-state index contributed by atoms with van der Waals surface area (Å²) in [7, 11) is 4.48. The molecule has 1 aromatic heterocycles. The lowest BCUT2D eigenvalue weighted by molar-refractivity contribution is -0.140. The molecule has 10 nitrogen and oxygen atoms in total. The van der Waals surface area contributed by atoms with E-state index in [1.54, 1.807) is 24.3 Å². The highest BCUT2D eigenvalue weighted by atomic mass is 16.5. The second kappa shape index (κ2) is 10.7. The van der Waals surface area contributed by atoms with Gasteiger partial charge < -0.3 is 29.0 Å². The maximum absolute atomic E-state index is 13.3. The highest BCUT2D eigenvalue weighted by Gasteiger charge is 2.46. The number of nitrogens with zero attached hydrogens (tertiary/aromatic N) is 3. The lowest BCUT2D eigenvalue weighted by Gasteiger charge is -2.31. The van der Waals surface area contributed by atoms with Gasteiger partial charge in [0.2, 0.25) is 5.75 Å². The van der Waals surface area contributed by atoms with Crippen molar-refractivity contribution in [3.8, 4) is 17.2 Å². The Morgan fingerprint density at radius 2 is 1.66 bits per heavy atom. The molecule has 2 fully saturated rings. The molecule has 1 amide bonds. The predicted octanol–water partition coefficient (Wildman–Crippen LogP) is 1.86. The monoisotopic (exact) mass is 483 g/mol. The first-order valence-corrected chi connectivity index (χ1v) is 11.3. The first-order valence-electron chi connectivity index (χ1n) is 11.3. The van der Waals surface area contributed by atoms with Crippen LogP contribution in [-0.2, 0) is 14.3 Å². The lowest BCUT2D eigenvalue weighted by Crippen LogP contribution is -2.42. The van der Waals surface area contributed by atoms with Gasteiger partial charge in [-0.2, -0.15) is 0 Å². The molecule has 2 saturated heterocycles. The van der Waals surface area contributed by atoms with Crippen LogP contribution >= 0.6 is 0 Å². The highest BCUT2D eigenvalue weighted by Crippen LogP contribution is 2.45. The van der Waals surface area contributed by atoms with Crippen molar-refractivity contribution >= 4 is 17.4 Å². The van der Waals surface area contributed by atoms with Crippen molar-refractivity contribution in [2.24, 2.45) is 0 Å². The molecular formula is C25H29N3O7. The number of benzene rings is 1. The van der Waals surface area contributed by atoms with Crippen LogP contribution < -0.4 is 14.2 Å². The van der Waals surface area contributed by atoms with Crippen LogP contribution in [0.25, 0.3) is 5.76 Å². The first kappa shape index (κ1) is 24.5. The number of ether oxygens (including phenoxy) is 4. The number of amides is 1. The van der Waals surface area contributed by atoms with Crippen molar-refractivity contribution in [3.05, 3.63) is 53.4 Å². The number of methoxy groups -OCH3 is 3. The number of carbonyl (C=O) groups excluding carboxylic acids is 2. The Hall–Kier alpha value is -3.63. The summed E-state index contributed by atoms with van der Waals surface area (Å²) in [6.07, 6.45) is 3.02. The van der Waals surface area contributed by atoms with Gasteiger partial charge >= 0.3 is 0 Å². The van der Waals surface area contributed by atoms with Crippen molar-refractivity contribution in [2.45, 2.75) is 6.04 Å². The van der Waals surface area contributed by atoms with Crippen LogP contribution in [0.1, 0.15) is 17.2 Å². The minimum Gasteiger partial charge on any atom is -0.507 e. The van der Waals surface area contributed by atoms with E-state index in [9.17, 15) is 14.7 Å². The van der Waals surface area contributed by atoms with Gasteiger partial charge in [-0.25, -0.2) is 0 Å². The van der Waals surface area contributed by atoms with Crippen LogP contribution in [0.15, 0.2) is 42.2 Å². The van der Waals surface area contributed by atoms with Gasteiger partial charge in [0.15, 0.2) is 11.5 Å². The number of carbonyl (C=O) groups is 2. The molecule has 0 radical (unpaired) electrons. The van der Waals surface area contributed by atoms with E-state index in [-0.39, 0.29) is 11.3 Å². The second-order valence-corrected chi connectivity index (χ2v) is 8.14. The third-order valence-electron chi connectivity index (χ3n) is 6.26. The Morgan fingerprint density at radius 1 is 1.03 bits per heavy atom. The zero-order valence-corrected chi connectivity index (χ0v) is 20.0. The molecule has 10 heteroatoms. The first-order chi connectivity index (χ1) is 17.0. The number of aromatic nitrogens is 1. The van der Waals surface area contributed by atoms with Gasteiger partial charge in [0, 0.05) is 44.1 Å². The number of Topliss-reactive ketones (excluding diaryl/α,β-unsaturated/α-hetero) is 1. The maximum Gasteiger partial charge on any atom is 0.295 e. The largest absolute Gasteiger partial charge is 0.507 e. The fourth-order valence-corrected chi connectivity index (χ4v) is 4.46. The SMILES string of the molecule is COc1cc(C2/C(=C(\O)c3ccncc3)C(=O)C(=O)N2CCN2CCOCC2)cc(OC)c1OC. The Morgan fingerprint density at radius 3 is 2.23 bits per heavy atom. The van der Waals surface area contributed by atoms with Crippen molar-refractivity contribution in [3.63, 3.8) is 0 Å². The number of hydrogen-bond donors (Lipinski definition) is 1. The highest BCUT2D eigenvalue weighted by molar-refractivity contribution is 6.46. The molecule has 0 aliphatic carbocycles. The molecule has 2 aliphatic heterocycles. The zero-order valence-electron chi connectivity index (χ0n) is 20.0. The van der Waals surface area contributed by atoms with E-state index in [1.165, 1.54) is 38.6 Å². The Bertz CT molecular complexity index is 1090. The summed E-state index contributed by atoms with van der Waals surface area (Å²) in [5.41, 5.74) is 0.942. The molecule has 35 heavy (non-hydrogen) atoms. The average molecular weight is 484 g/mol. The van der Waals surface area contributed by atoms with E-state index in [4.69, 9.17) is 18.9 Å². The van der Waals surface area contributed by atoms with Crippen LogP contribution in [0.2, 0.25) is 0 Å². The lowest BCUT2D eigenvalue weighted by atomic mass is 9.95. The van der Waals surface area contributed by atoms with Crippen molar-refractivity contribution < 1.29 is 33.6 Å². The molecule has 186 valence electrons. The van der Waals surface area contributed by atoms with Crippen molar-refractivity contribution in [2.75, 3.05) is 60.7 Å². The van der Waals surface area contributed by atoms with E-state index < -0.39 is 17.7 Å². The molecule has 2 aromatic rings. The van der Waals surface area contributed by atoms with Crippen LogP contribution in [0.4, 0.5) is 0 Å². The molecule has 1 N–H and O–H groups in total. The summed E-state index contributed by atoms with van der Waals surface area (Å²) in [4.78, 5) is 34.1. The van der Waals surface area contributed by atoms with Gasteiger partial charge in [0.1, 0.15) is 5.76 Å². The topological polar surface area (TPSA) is 111 Å². The molecular weight excluding hydrogens is 454 g/mol. The summed E-state index contributed by atoms with van der Waals surface area (Å²) >= 11 is 0. The second-order valence-electron chi connectivity index (χ2n) is 8.14. The fourth-order valence-electron chi connectivity index (χ4n) is 4.46. The van der Waals surface area contributed by atoms with E-state index in [2.05, 4.69) is 9.88 Å². The number of hydrogen-bond acceptors (Lipinski definition) is 9. The third-order valence-corrected chi connectivity index (χ3v) is 6.26. The zero-order chi connectivity index (χ0) is 24.9. The molecule has 1 aromatic carbocycles. The van der Waals surface area contributed by atoms with E-state index >= 15 is 0 Å². The smallest absolute Gasteiger partial charge is 0.295 e. The Balaban J connectivity index is 1.82. The normalized spacial score (nSPS) is 20.2. The third kappa shape index (κ3) is 4.80. The van der Waals surface area contributed by atoms with E-state index in [0.717, 1.165) is 13.1 Å². The Labute approximate surface area is 203 Å². The van der Waals surface area contributed by atoms with Gasteiger partial charge in [-0.3, -0.25) is 19.5 Å². The molecule has 3 heterocycles. The number of rotatable bonds is 8. The molecule has 0 bridgehead atoms. The Kier molecular flexibility index (Phi) is 7.52. The molecule has 2 aliphatic rings. The quantitative estimate of drug-likeness (QED) is 0.342. The molecule has 4 rings (SSSR count). The van der Waals surface area contributed by atoms with Gasteiger partial charge in [-0.05, 0) is 29.8 Å². The van der Waals surface area contributed by atoms with Crippen LogP contribution in [-0.4, -0.2) is 92.3 Å². The number of morpholine rings is 1.